The van der Waals surface area contributed by atoms with Crippen LogP contribution in [0.4, 0.5) is 0 Å². The highest BCUT2D eigenvalue weighted by Gasteiger charge is 2.07. The van der Waals surface area contributed by atoms with Crippen LogP contribution in [-0.2, 0) is 13.2 Å². The van der Waals surface area contributed by atoms with Crippen molar-refractivity contribution < 1.29 is 9.15 Å². The number of hydrogen-bond acceptors (Lipinski definition) is 4. The predicted octanol–water partition coefficient (Wildman–Crippen LogP) is 2.67. The number of nitrogens with zero attached hydrogens (tertiary/aromatic N) is 1. The number of nitrogens with one attached hydrogen (secondary N) is 1. The van der Waals surface area contributed by atoms with Gasteiger partial charge in [0.2, 0.25) is 0 Å². The topological polar surface area (TPSA) is 47.3 Å². The quantitative estimate of drug-likeness (QED) is 0.851. The SMILES string of the molecule is CCNCc1cc(COc2cccnc2)oc1C. The summed E-state index contributed by atoms with van der Waals surface area (Å²) in [6, 6.07) is 5.76. The van der Waals surface area contributed by atoms with Crippen molar-refractivity contribution in [3.8, 4) is 5.75 Å². The summed E-state index contributed by atoms with van der Waals surface area (Å²) < 4.78 is 11.2. The van der Waals surface area contributed by atoms with E-state index in [0.29, 0.717) is 6.61 Å². The highest BCUT2D eigenvalue weighted by molar-refractivity contribution is 5.21. The Morgan fingerprint density at radius 2 is 2.33 bits per heavy atom. The third-order valence-corrected chi connectivity index (χ3v) is 2.65. The number of aryl methyl sites for hydroxylation is 1. The molecule has 0 fully saturated rings. The smallest absolute Gasteiger partial charge is 0.146 e. The first-order valence-electron chi connectivity index (χ1n) is 6.11. The van der Waals surface area contributed by atoms with Crippen LogP contribution in [0.3, 0.4) is 0 Å². The third-order valence-electron chi connectivity index (χ3n) is 2.65. The molecule has 0 bridgehead atoms. The molecule has 2 rings (SSSR count). The zero-order valence-electron chi connectivity index (χ0n) is 10.8. The van der Waals surface area contributed by atoms with Crippen molar-refractivity contribution in [1.82, 2.24) is 10.3 Å². The van der Waals surface area contributed by atoms with Crippen LogP contribution in [0, 0.1) is 6.92 Å². The number of hydrogen-bond donors (Lipinski definition) is 1. The van der Waals surface area contributed by atoms with Gasteiger partial charge in [-0.25, -0.2) is 0 Å². The molecule has 2 aromatic heterocycles. The average Bonchev–Trinajstić information content (AvgIpc) is 2.76. The van der Waals surface area contributed by atoms with Gasteiger partial charge in [0.15, 0.2) is 0 Å². The molecule has 0 aliphatic heterocycles. The Labute approximate surface area is 107 Å². The lowest BCUT2D eigenvalue weighted by Gasteiger charge is -2.02. The maximum absolute atomic E-state index is 5.65. The predicted molar refractivity (Wildman–Crippen MR) is 69.4 cm³/mol. The maximum atomic E-state index is 5.65. The first kappa shape index (κ1) is 12.6. The van der Waals surface area contributed by atoms with E-state index >= 15 is 0 Å². The van der Waals surface area contributed by atoms with Gasteiger partial charge in [-0.3, -0.25) is 4.98 Å². The monoisotopic (exact) mass is 246 g/mol. The Morgan fingerprint density at radius 3 is 3.06 bits per heavy atom. The molecule has 0 radical (unpaired) electrons. The summed E-state index contributed by atoms with van der Waals surface area (Å²) in [7, 11) is 0. The van der Waals surface area contributed by atoms with Crippen LogP contribution < -0.4 is 10.1 Å². The number of ether oxygens (including phenoxy) is 1. The molecular weight excluding hydrogens is 228 g/mol. The highest BCUT2D eigenvalue weighted by atomic mass is 16.5. The summed E-state index contributed by atoms with van der Waals surface area (Å²) in [5, 5.41) is 3.28. The Kier molecular flexibility index (Phi) is 4.36. The van der Waals surface area contributed by atoms with Crippen LogP contribution in [0.2, 0.25) is 0 Å². The summed E-state index contributed by atoms with van der Waals surface area (Å²) in [4.78, 5) is 3.99. The lowest BCUT2D eigenvalue weighted by atomic mass is 10.2. The van der Waals surface area contributed by atoms with Crippen LogP contribution >= 0.6 is 0 Å². The second kappa shape index (κ2) is 6.21. The summed E-state index contributed by atoms with van der Waals surface area (Å²) >= 11 is 0. The average molecular weight is 246 g/mol. The van der Waals surface area contributed by atoms with E-state index in [2.05, 4.69) is 17.2 Å². The fraction of sp³-hybridized carbons (Fsp3) is 0.357. The Balaban J connectivity index is 1.94. The van der Waals surface area contributed by atoms with Crippen LogP contribution in [0.1, 0.15) is 24.0 Å². The molecule has 0 atom stereocenters. The molecule has 0 aliphatic rings. The van der Waals surface area contributed by atoms with E-state index in [1.165, 1.54) is 5.56 Å². The summed E-state index contributed by atoms with van der Waals surface area (Å²) in [6.45, 7) is 6.27. The molecule has 0 unspecified atom stereocenters. The van der Waals surface area contributed by atoms with E-state index in [4.69, 9.17) is 9.15 Å². The summed E-state index contributed by atoms with van der Waals surface area (Å²) in [5.41, 5.74) is 1.18. The minimum absolute atomic E-state index is 0.429. The first-order valence-corrected chi connectivity index (χ1v) is 6.11. The number of rotatable bonds is 6. The maximum Gasteiger partial charge on any atom is 0.146 e. The van der Waals surface area contributed by atoms with Gasteiger partial charge in [-0.2, -0.15) is 0 Å². The lowest BCUT2D eigenvalue weighted by molar-refractivity contribution is 0.266. The van der Waals surface area contributed by atoms with Crippen LogP contribution in [0.5, 0.6) is 5.75 Å². The van der Waals surface area contributed by atoms with Gasteiger partial charge in [0.1, 0.15) is 23.9 Å². The van der Waals surface area contributed by atoms with Crippen molar-refractivity contribution in [1.29, 1.82) is 0 Å². The minimum atomic E-state index is 0.429. The molecule has 0 aromatic carbocycles. The van der Waals surface area contributed by atoms with Gasteiger partial charge in [0.05, 0.1) is 6.20 Å². The number of pyridine rings is 1. The van der Waals surface area contributed by atoms with E-state index in [0.717, 1.165) is 30.4 Å². The van der Waals surface area contributed by atoms with Gasteiger partial charge in [-0.1, -0.05) is 6.92 Å². The largest absolute Gasteiger partial charge is 0.484 e. The molecule has 2 heterocycles. The van der Waals surface area contributed by atoms with Crippen LogP contribution in [0.25, 0.3) is 0 Å². The molecular formula is C14H18N2O2. The highest BCUT2D eigenvalue weighted by Crippen LogP contribution is 2.17. The zero-order chi connectivity index (χ0) is 12.8. The van der Waals surface area contributed by atoms with E-state index in [9.17, 15) is 0 Å². The molecule has 2 aromatic rings. The molecule has 0 saturated heterocycles. The van der Waals surface area contributed by atoms with E-state index in [1.54, 1.807) is 12.4 Å². The van der Waals surface area contributed by atoms with Crippen molar-refractivity contribution in [2.45, 2.75) is 27.0 Å². The van der Waals surface area contributed by atoms with Crippen LogP contribution in [-0.4, -0.2) is 11.5 Å². The van der Waals surface area contributed by atoms with Gasteiger partial charge < -0.3 is 14.5 Å². The molecule has 0 saturated carbocycles. The lowest BCUT2D eigenvalue weighted by Crippen LogP contribution is -2.11. The number of aromatic nitrogens is 1. The molecule has 4 nitrogen and oxygen atoms in total. The van der Waals surface area contributed by atoms with Gasteiger partial charge >= 0.3 is 0 Å². The summed E-state index contributed by atoms with van der Waals surface area (Å²) in [6.07, 6.45) is 3.41. The Hall–Kier alpha value is -1.81. The van der Waals surface area contributed by atoms with Crippen molar-refractivity contribution in [3.05, 3.63) is 47.7 Å². The fourth-order valence-corrected chi connectivity index (χ4v) is 1.68. The van der Waals surface area contributed by atoms with E-state index in [-0.39, 0.29) is 0 Å². The molecule has 1 N–H and O–H groups in total. The normalized spacial score (nSPS) is 10.6. The molecule has 0 spiro atoms. The number of furan rings is 1. The molecule has 96 valence electrons. The summed E-state index contributed by atoms with van der Waals surface area (Å²) in [5.74, 6) is 2.53. The van der Waals surface area contributed by atoms with Crippen molar-refractivity contribution in [2.24, 2.45) is 0 Å². The van der Waals surface area contributed by atoms with E-state index in [1.807, 2.05) is 25.1 Å². The third kappa shape index (κ3) is 3.34. The van der Waals surface area contributed by atoms with Gasteiger partial charge in [-0.05, 0) is 31.7 Å². The Bertz CT molecular complexity index is 480. The molecule has 0 aliphatic carbocycles. The van der Waals surface area contributed by atoms with Crippen molar-refractivity contribution in [3.63, 3.8) is 0 Å². The van der Waals surface area contributed by atoms with Gasteiger partial charge in [0, 0.05) is 18.3 Å². The second-order valence-corrected chi connectivity index (χ2v) is 4.05. The minimum Gasteiger partial charge on any atom is -0.484 e. The zero-order valence-corrected chi connectivity index (χ0v) is 10.8. The molecule has 0 amide bonds. The standard InChI is InChI=1S/C14H18N2O2/c1-3-15-8-12-7-14(18-11(12)2)10-17-13-5-4-6-16-9-13/h4-7,9,15H,3,8,10H2,1-2H3. The van der Waals surface area contributed by atoms with Crippen LogP contribution in [0.15, 0.2) is 35.0 Å². The van der Waals surface area contributed by atoms with Gasteiger partial charge in [-0.15, -0.1) is 0 Å². The Morgan fingerprint density at radius 1 is 1.44 bits per heavy atom. The molecule has 4 heteroatoms. The van der Waals surface area contributed by atoms with Crippen molar-refractivity contribution >= 4 is 0 Å². The fourth-order valence-electron chi connectivity index (χ4n) is 1.68. The second-order valence-electron chi connectivity index (χ2n) is 4.05. The molecule has 18 heavy (non-hydrogen) atoms. The van der Waals surface area contributed by atoms with E-state index < -0.39 is 0 Å². The van der Waals surface area contributed by atoms with Gasteiger partial charge in [0.25, 0.3) is 0 Å². The van der Waals surface area contributed by atoms with Crippen molar-refractivity contribution in [2.75, 3.05) is 6.54 Å². The first-order chi connectivity index (χ1) is 8.79.